The van der Waals surface area contributed by atoms with Crippen molar-refractivity contribution in [1.82, 2.24) is 10.2 Å². The molecule has 1 unspecified atom stereocenters. The second-order valence-corrected chi connectivity index (χ2v) is 4.73. The van der Waals surface area contributed by atoms with Crippen LogP contribution in [0.1, 0.15) is 11.8 Å². The second kappa shape index (κ2) is 4.63. The van der Waals surface area contributed by atoms with E-state index >= 15 is 0 Å². The van der Waals surface area contributed by atoms with Crippen molar-refractivity contribution in [3.63, 3.8) is 0 Å². The molecule has 0 saturated carbocycles. The molecule has 1 aromatic carbocycles. The largest absolute Gasteiger partial charge is 0.493 e. The SMILES string of the molecule is COc1cccc2cc(C3CNCCN3C)oc12. The van der Waals surface area contributed by atoms with E-state index in [1.807, 2.05) is 12.1 Å². The number of rotatable bonds is 2. The lowest BCUT2D eigenvalue weighted by Crippen LogP contribution is -2.43. The monoisotopic (exact) mass is 246 g/mol. The van der Waals surface area contributed by atoms with Crippen molar-refractivity contribution in [2.75, 3.05) is 33.8 Å². The molecule has 4 nitrogen and oxygen atoms in total. The van der Waals surface area contributed by atoms with E-state index in [2.05, 4.69) is 29.4 Å². The lowest BCUT2D eigenvalue weighted by atomic mass is 10.1. The van der Waals surface area contributed by atoms with E-state index in [9.17, 15) is 0 Å². The molecule has 0 bridgehead atoms. The van der Waals surface area contributed by atoms with Crippen LogP contribution in [0.2, 0.25) is 0 Å². The molecule has 1 aliphatic heterocycles. The molecule has 1 aromatic heterocycles. The first-order valence-corrected chi connectivity index (χ1v) is 6.27. The molecule has 18 heavy (non-hydrogen) atoms. The minimum absolute atomic E-state index is 0.302. The smallest absolute Gasteiger partial charge is 0.176 e. The van der Waals surface area contributed by atoms with Crippen LogP contribution in [0.15, 0.2) is 28.7 Å². The molecule has 96 valence electrons. The van der Waals surface area contributed by atoms with Gasteiger partial charge in [0.1, 0.15) is 5.76 Å². The van der Waals surface area contributed by atoms with Gasteiger partial charge in [-0.1, -0.05) is 12.1 Å². The van der Waals surface area contributed by atoms with Gasteiger partial charge in [0.05, 0.1) is 13.2 Å². The third kappa shape index (κ3) is 1.87. The van der Waals surface area contributed by atoms with Gasteiger partial charge in [0, 0.05) is 25.0 Å². The summed E-state index contributed by atoms with van der Waals surface area (Å²) < 4.78 is 11.3. The standard InChI is InChI=1S/C14H18N2O2/c1-16-7-6-15-9-11(16)13-8-10-4-3-5-12(17-2)14(10)18-13/h3-5,8,11,15H,6-7,9H2,1-2H3. The molecular formula is C14H18N2O2. The Morgan fingerprint density at radius 2 is 2.33 bits per heavy atom. The Morgan fingerprint density at radius 1 is 1.44 bits per heavy atom. The van der Waals surface area contributed by atoms with Crippen LogP contribution in [-0.2, 0) is 0 Å². The van der Waals surface area contributed by atoms with Crippen molar-refractivity contribution in [2.45, 2.75) is 6.04 Å². The fourth-order valence-corrected chi connectivity index (χ4v) is 2.50. The number of nitrogens with zero attached hydrogens (tertiary/aromatic N) is 1. The highest BCUT2D eigenvalue weighted by molar-refractivity contribution is 5.83. The normalized spacial score (nSPS) is 21.3. The van der Waals surface area contributed by atoms with Crippen molar-refractivity contribution in [1.29, 1.82) is 0 Å². The van der Waals surface area contributed by atoms with E-state index < -0.39 is 0 Å². The summed E-state index contributed by atoms with van der Waals surface area (Å²) in [5.41, 5.74) is 0.842. The number of hydrogen-bond donors (Lipinski definition) is 1. The Morgan fingerprint density at radius 3 is 3.11 bits per heavy atom. The van der Waals surface area contributed by atoms with Crippen molar-refractivity contribution < 1.29 is 9.15 Å². The number of para-hydroxylation sites is 1. The molecule has 1 N–H and O–H groups in total. The Balaban J connectivity index is 2.02. The first kappa shape index (κ1) is 11.6. The van der Waals surface area contributed by atoms with Gasteiger partial charge in [0.25, 0.3) is 0 Å². The van der Waals surface area contributed by atoms with Crippen LogP contribution in [0.25, 0.3) is 11.0 Å². The van der Waals surface area contributed by atoms with Crippen molar-refractivity contribution >= 4 is 11.0 Å². The van der Waals surface area contributed by atoms with Crippen molar-refractivity contribution in [3.05, 3.63) is 30.0 Å². The van der Waals surface area contributed by atoms with Gasteiger partial charge in [-0.15, -0.1) is 0 Å². The molecule has 0 aliphatic carbocycles. The third-order valence-corrected chi connectivity index (χ3v) is 3.59. The third-order valence-electron chi connectivity index (χ3n) is 3.59. The highest BCUT2D eigenvalue weighted by Gasteiger charge is 2.24. The zero-order chi connectivity index (χ0) is 12.5. The summed E-state index contributed by atoms with van der Waals surface area (Å²) in [6.45, 7) is 3.01. The summed E-state index contributed by atoms with van der Waals surface area (Å²) in [4.78, 5) is 2.32. The minimum atomic E-state index is 0.302. The number of piperazine rings is 1. The van der Waals surface area contributed by atoms with Gasteiger partial charge in [-0.05, 0) is 19.2 Å². The van der Waals surface area contributed by atoms with Crippen molar-refractivity contribution in [3.8, 4) is 5.75 Å². The topological polar surface area (TPSA) is 37.6 Å². The number of likely N-dealkylation sites (N-methyl/N-ethyl adjacent to an activating group) is 1. The number of ether oxygens (including phenoxy) is 1. The Kier molecular flexibility index (Phi) is 2.97. The molecule has 1 atom stereocenters. The summed E-state index contributed by atoms with van der Waals surface area (Å²) in [5, 5.41) is 4.50. The Labute approximate surface area is 107 Å². The van der Waals surface area contributed by atoms with Crippen LogP contribution >= 0.6 is 0 Å². The maximum Gasteiger partial charge on any atom is 0.176 e. The first-order chi connectivity index (χ1) is 8.79. The van der Waals surface area contributed by atoms with Gasteiger partial charge < -0.3 is 14.5 Å². The van der Waals surface area contributed by atoms with E-state index in [0.717, 1.165) is 42.1 Å². The summed E-state index contributed by atoms with van der Waals surface area (Å²) in [5.74, 6) is 1.80. The molecule has 2 aromatic rings. The first-order valence-electron chi connectivity index (χ1n) is 6.27. The van der Waals surface area contributed by atoms with Crippen LogP contribution in [0.3, 0.4) is 0 Å². The minimum Gasteiger partial charge on any atom is -0.493 e. The molecule has 0 amide bonds. The number of methoxy groups -OCH3 is 1. The molecule has 1 fully saturated rings. The van der Waals surface area contributed by atoms with E-state index in [1.54, 1.807) is 7.11 Å². The van der Waals surface area contributed by atoms with Gasteiger partial charge in [-0.3, -0.25) is 4.90 Å². The fourth-order valence-electron chi connectivity index (χ4n) is 2.50. The average molecular weight is 246 g/mol. The summed E-state index contributed by atoms with van der Waals surface area (Å²) >= 11 is 0. The highest BCUT2D eigenvalue weighted by Crippen LogP contribution is 2.32. The molecule has 1 saturated heterocycles. The van der Waals surface area contributed by atoms with E-state index in [1.165, 1.54) is 0 Å². The van der Waals surface area contributed by atoms with E-state index in [0.29, 0.717) is 6.04 Å². The zero-order valence-electron chi connectivity index (χ0n) is 10.8. The lowest BCUT2D eigenvalue weighted by molar-refractivity contribution is 0.180. The lowest BCUT2D eigenvalue weighted by Gasteiger charge is -2.31. The number of fused-ring (bicyclic) bond motifs is 1. The van der Waals surface area contributed by atoms with Crippen LogP contribution < -0.4 is 10.1 Å². The van der Waals surface area contributed by atoms with E-state index in [4.69, 9.17) is 9.15 Å². The summed E-state index contributed by atoms with van der Waals surface area (Å²) in [7, 11) is 3.81. The predicted molar refractivity (Wildman–Crippen MR) is 71.0 cm³/mol. The van der Waals surface area contributed by atoms with E-state index in [-0.39, 0.29) is 0 Å². The quantitative estimate of drug-likeness (QED) is 0.879. The van der Waals surface area contributed by atoms with Gasteiger partial charge in [0.15, 0.2) is 11.3 Å². The molecule has 1 aliphatic rings. The molecule has 3 rings (SSSR count). The Bertz CT molecular complexity index is 550. The molecular weight excluding hydrogens is 228 g/mol. The van der Waals surface area contributed by atoms with Gasteiger partial charge in [-0.2, -0.15) is 0 Å². The molecule has 4 heteroatoms. The molecule has 2 heterocycles. The number of hydrogen-bond acceptors (Lipinski definition) is 4. The van der Waals surface area contributed by atoms with Gasteiger partial charge in [0.2, 0.25) is 0 Å². The number of nitrogens with one attached hydrogen (secondary N) is 1. The summed E-state index contributed by atoms with van der Waals surface area (Å²) in [6.07, 6.45) is 0. The number of benzene rings is 1. The maximum absolute atomic E-state index is 5.99. The molecule has 0 spiro atoms. The maximum atomic E-state index is 5.99. The van der Waals surface area contributed by atoms with Gasteiger partial charge in [-0.25, -0.2) is 0 Å². The average Bonchev–Trinajstić information content (AvgIpc) is 2.82. The molecule has 0 radical (unpaired) electrons. The Hall–Kier alpha value is -1.52. The highest BCUT2D eigenvalue weighted by atomic mass is 16.5. The predicted octanol–water partition coefficient (Wildman–Crippen LogP) is 2.02. The van der Waals surface area contributed by atoms with Crippen LogP contribution in [0.4, 0.5) is 0 Å². The van der Waals surface area contributed by atoms with Crippen LogP contribution in [0, 0.1) is 0 Å². The summed E-state index contributed by atoms with van der Waals surface area (Å²) in [6, 6.07) is 8.39. The fraction of sp³-hybridized carbons (Fsp3) is 0.429. The second-order valence-electron chi connectivity index (χ2n) is 4.73. The van der Waals surface area contributed by atoms with Gasteiger partial charge >= 0.3 is 0 Å². The zero-order valence-corrected chi connectivity index (χ0v) is 10.8. The van der Waals surface area contributed by atoms with Crippen LogP contribution in [0.5, 0.6) is 5.75 Å². The van der Waals surface area contributed by atoms with Crippen molar-refractivity contribution in [2.24, 2.45) is 0 Å². The van der Waals surface area contributed by atoms with Crippen LogP contribution in [-0.4, -0.2) is 38.7 Å². The number of furan rings is 1.